The largest absolute Gasteiger partial charge is 0.489 e. The highest BCUT2D eigenvalue weighted by atomic mass is 19.1. The van der Waals surface area contributed by atoms with Crippen molar-refractivity contribution in [3.63, 3.8) is 0 Å². The van der Waals surface area contributed by atoms with Crippen molar-refractivity contribution in [3.05, 3.63) is 30.1 Å². The third kappa shape index (κ3) is 3.94. The van der Waals surface area contributed by atoms with Gasteiger partial charge >= 0.3 is 12.0 Å². The molecular formula is C14H17FN4O3. The molecule has 118 valence electrons. The van der Waals surface area contributed by atoms with Crippen molar-refractivity contribution in [1.29, 1.82) is 0 Å². The van der Waals surface area contributed by atoms with E-state index in [2.05, 4.69) is 15.0 Å². The highest BCUT2D eigenvalue weighted by Gasteiger charge is 2.11. The molecule has 1 aromatic heterocycles. The van der Waals surface area contributed by atoms with Crippen LogP contribution >= 0.6 is 0 Å². The number of hydrogen-bond donors (Lipinski definition) is 0. The van der Waals surface area contributed by atoms with Gasteiger partial charge in [-0.1, -0.05) is 12.1 Å². The van der Waals surface area contributed by atoms with Crippen LogP contribution in [0, 0.1) is 5.82 Å². The lowest BCUT2D eigenvalue weighted by atomic mass is 10.3. The molecule has 0 aliphatic heterocycles. The topological polar surface area (TPSA) is 69.6 Å². The summed E-state index contributed by atoms with van der Waals surface area (Å²) in [4.78, 5) is 13.9. The number of anilines is 1. The minimum atomic E-state index is -0.395. The highest BCUT2D eigenvalue weighted by molar-refractivity contribution is 5.31. The lowest BCUT2D eigenvalue weighted by molar-refractivity contribution is 0.307. The molecule has 2 aromatic rings. The summed E-state index contributed by atoms with van der Waals surface area (Å²) in [5.41, 5.74) is 0. The van der Waals surface area contributed by atoms with Crippen molar-refractivity contribution in [1.82, 2.24) is 15.0 Å². The third-order valence-electron chi connectivity index (χ3n) is 2.81. The molecule has 1 heterocycles. The zero-order valence-electron chi connectivity index (χ0n) is 12.6. The molecule has 0 radical (unpaired) electrons. The summed E-state index contributed by atoms with van der Waals surface area (Å²) < 4.78 is 28.8. The summed E-state index contributed by atoms with van der Waals surface area (Å²) in [6, 6.07) is 6.56. The van der Waals surface area contributed by atoms with Crippen molar-refractivity contribution < 1.29 is 18.6 Å². The number of para-hydroxylation sites is 1. The summed E-state index contributed by atoms with van der Waals surface area (Å²) in [6.07, 6.45) is 0. The normalized spacial score (nSPS) is 10.2. The lowest BCUT2D eigenvalue weighted by Gasteiger charge is -2.17. The Morgan fingerprint density at radius 2 is 1.68 bits per heavy atom. The minimum Gasteiger partial charge on any atom is -0.489 e. The zero-order chi connectivity index (χ0) is 15.9. The van der Waals surface area contributed by atoms with Gasteiger partial charge < -0.3 is 19.1 Å². The fourth-order valence-electron chi connectivity index (χ4n) is 1.64. The molecule has 0 N–H and O–H groups in total. The van der Waals surface area contributed by atoms with E-state index >= 15 is 0 Å². The predicted molar refractivity (Wildman–Crippen MR) is 78.1 cm³/mol. The highest BCUT2D eigenvalue weighted by Crippen LogP contribution is 2.17. The van der Waals surface area contributed by atoms with Gasteiger partial charge in [-0.2, -0.15) is 9.97 Å². The molecule has 2 rings (SSSR count). The Kier molecular flexibility index (Phi) is 5.29. The van der Waals surface area contributed by atoms with Crippen LogP contribution in [-0.4, -0.2) is 49.4 Å². The number of likely N-dealkylation sites (N-methyl/N-ethyl adjacent to an activating group) is 1. The standard InChI is InChI=1S/C14H17FN4O3/c1-19(8-9-22-11-7-5-4-6-10(11)15)12-16-13(20-2)18-14(17-12)21-3/h4-7H,8-9H2,1-3H3. The second kappa shape index (κ2) is 7.39. The molecule has 0 atom stereocenters. The van der Waals surface area contributed by atoms with Crippen LogP contribution in [0.5, 0.6) is 17.8 Å². The number of halogens is 1. The Morgan fingerprint density at radius 3 is 2.27 bits per heavy atom. The Labute approximate surface area is 127 Å². The molecule has 0 aliphatic rings. The zero-order valence-corrected chi connectivity index (χ0v) is 12.6. The van der Waals surface area contributed by atoms with E-state index in [9.17, 15) is 4.39 Å². The molecule has 0 unspecified atom stereocenters. The van der Waals surface area contributed by atoms with Crippen LogP contribution in [0.15, 0.2) is 24.3 Å². The predicted octanol–water partition coefficient (Wildman–Crippen LogP) is 1.54. The van der Waals surface area contributed by atoms with Crippen molar-refractivity contribution in [2.24, 2.45) is 0 Å². The van der Waals surface area contributed by atoms with Gasteiger partial charge in [0.2, 0.25) is 5.95 Å². The first-order valence-electron chi connectivity index (χ1n) is 6.56. The van der Waals surface area contributed by atoms with E-state index in [0.717, 1.165) is 0 Å². The van der Waals surface area contributed by atoms with Crippen LogP contribution in [0.3, 0.4) is 0 Å². The Balaban J connectivity index is 1.97. The van der Waals surface area contributed by atoms with Gasteiger partial charge in [0.05, 0.1) is 20.8 Å². The first-order valence-corrected chi connectivity index (χ1v) is 6.56. The van der Waals surface area contributed by atoms with E-state index in [1.807, 2.05) is 0 Å². The quantitative estimate of drug-likeness (QED) is 0.768. The van der Waals surface area contributed by atoms with Crippen LogP contribution < -0.4 is 19.1 Å². The molecule has 0 saturated heterocycles. The van der Waals surface area contributed by atoms with Crippen LogP contribution in [0.1, 0.15) is 0 Å². The Bertz CT molecular complexity index is 605. The number of nitrogens with zero attached hydrogens (tertiary/aromatic N) is 4. The number of methoxy groups -OCH3 is 2. The van der Waals surface area contributed by atoms with E-state index < -0.39 is 5.82 Å². The molecule has 1 aromatic carbocycles. The molecule has 0 aliphatic carbocycles. The number of aromatic nitrogens is 3. The fourth-order valence-corrected chi connectivity index (χ4v) is 1.64. The molecule has 0 bridgehead atoms. The van der Waals surface area contributed by atoms with Gasteiger partial charge in [0.15, 0.2) is 11.6 Å². The van der Waals surface area contributed by atoms with Crippen molar-refractivity contribution >= 4 is 5.95 Å². The Morgan fingerprint density at radius 1 is 1.05 bits per heavy atom. The second-order valence-electron chi connectivity index (χ2n) is 4.31. The maximum absolute atomic E-state index is 13.4. The maximum Gasteiger partial charge on any atom is 0.324 e. The average Bonchev–Trinajstić information content (AvgIpc) is 2.55. The molecule has 0 amide bonds. The van der Waals surface area contributed by atoms with Gasteiger partial charge in [-0.3, -0.25) is 0 Å². The molecule has 0 fully saturated rings. The van der Waals surface area contributed by atoms with E-state index in [0.29, 0.717) is 12.5 Å². The molecule has 0 saturated carbocycles. The van der Waals surface area contributed by atoms with Gasteiger partial charge in [0, 0.05) is 7.05 Å². The van der Waals surface area contributed by atoms with Gasteiger partial charge in [0.1, 0.15) is 6.61 Å². The van der Waals surface area contributed by atoms with Gasteiger partial charge in [0.25, 0.3) is 0 Å². The maximum atomic E-state index is 13.4. The first-order chi connectivity index (χ1) is 10.6. The van der Waals surface area contributed by atoms with E-state index in [1.165, 1.54) is 20.3 Å². The minimum absolute atomic E-state index is 0.156. The molecule has 7 nitrogen and oxygen atoms in total. The van der Waals surface area contributed by atoms with E-state index in [1.54, 1.807) is 30.1 Å². The Hall–Kier alpha value is -2.64. The van der Waals surface area contributed by atoms with Crippen LogP contribution in [0.4, 0.5) is 10.3 Å². The monoisotopic (exact) mass is 308 g/mol. The summed E-state index contributed by atoms with van der Waals surface area (Å²) in [5.74, 6) is 0.191. The number of rotatable bonds is 7. The number of hydrogen-bond acceptors (Lipinski definition) is 7. The van der Waals surface area contributed by atoms with Crippen LogP contribution in [0.25, 0.3) is 0 Å². The van der Waals surface area contributed by atoms with Crippen molar-refractivity contribution in [3.8, 4) is 17.8 Å². The molecule has 22 heavy (non-hydrogen) atoms. The first kappa shape index (κ1) is 15.7. The van der Waals surface area contributed by atoms with Crippen molar-refractivity contribution in [2.75, 3.05) is 39.3 Å². The number of ether oxygens (including phenoxy) is 3. The molecule has 8 heteroatoms. The summed E-state index contributed by atoms with van der Waals surface area (Å²) in [7, 11) is 4.69. The SMILES string of the molecule is COc1nc(OC)nc(N(C)CCOc2ccccc2F)n1. The number of benzene rings is 1. The van der Waals surface area contributed by atoms with Crippen LogP contribution in [-0.2, 0) is 0 Å². The average molecular weight is 308 g/mol. The van der Waals surface area contributed by atoms with Crippen molar-refractivity contribution in [2.45, 2.75) is 0 Å². The molecule has 0 spiro atoms. The summed E-state index contributed by atoms with van der Waals surface area (Å²) in [6.45, 7) is 0.721. The van der Waals surface area contributed by atoms with E-state index in [-0.39, 0.29) is 24.4 Å². The summed E-state index contributed by atoms with van der Waals surface area (Å²) in [5, 5.41) is 0. The summed E-state index contributed by atoms with van der Waals surface area (Å²) >= 11 is 0. The fraction of sp³-hybridized carbons (Fsp3) is 0.357. The third-order valence-corrected chi connectivity index (χ3v) is 2.81. The lowest BCUT2D eigenvalue weighted by Crippen LogP contribution is -2.26. The van der Waals surface area contributed by atoms with Gasteiger partial charge in [-0.05, 0) is 12.1 Å². The van der Waals surface area contributed by atoms with Gasteiger partial charge in [-0.15, -0.1) is 4.98 Å². The van der Waals surface area contributed by atoms with E-state index in [4.69, 9.17) is 14.2 Å². The smallest absolute Gasteiger partial charge is 0.324 e. The van der Waals surface area contributed by atoms with Gasteiger partial charge in [-0.25, -0.2) is 4.39 Å². The van der Waals surface area contributed by atoms with Crippen LogP contribution in [0.2, 0.25) is 0 Å². The second-order valence-corrected chi connectivity index (χ2v) is 4.31. The molecular weight excluding hydrogens is 291 g/mol.